The van der Waals surface area contributed by atoms with Gasteiger partial charge in [-0.1, -0.05) is 6.07 Å². The number of hydrogen-bond donors (Lipinski definition) is 0. The number of nitrogens with zero attached hydrogens (tertiary/aromatic N) is 6. The predicted molar refractivity (Wildman–Crippen MR) is 138 cm³/mol. The Morgan fingerprint density at radius 2 is 1.81 bits per heavy atom. The number of aryl methyl sites for hydroxylation is 1. The third kappa shape index (κ3) is 4.24. The Labute approximate surface area is 213 Å². The lowest BCUT2D eigenvalue weighted by Gasteiger charge is -2.36. The molecule has 0 radical (unpaired) electrons. The van der Waals surface area contributed by atoms with Gasteiger partial charge in [-0.05, 0) is 63.1 Å². The zero-order valence-corrected chi connectivity index (χ0v) is 20.8. The number of halogens is 1. The molecule has 6 rings (SSSR count). The number of rotatable bonds is 5. The molecule has 8 nitrogen and oxygen atoms in total. The molecule has 3 aromatic heterocycles. The highest BCUT2D eigenvalue weighted by atomic mass is 19.1. The third-order valence-corrected chi connectivity index (χ3v) is 7.19. The molecule has 188 valence electrons. The van der Waals surface area contributed by atoms with Crippen molar-refractivity contribution in [1.29, 1.82) is 0 Å². The van der Waals surface area contributed by atoms with E-state index >= 15 is 0 Å². The van der Waals surface area contributed by atoms with Gasteiger partial charge in [0.25, 0.3) is 5.91 Å². The van der Waals surface area contributed by atoms with E-state index in [1.54, 1.807) is 23.0 Å². The van der Waals surface area contributed by atoms with Gasteiger partial charge in [-0.25, -0.2) is 14.4 Å². The number of benzene rings is 1. The molecule has 1 amide bonds. The molecule has 1 aromatic carbocycles. The summed E-state index contributed by atoms with van der Waals surface area (Å²) < 4.78 is 16.4. The largest absolute Gasteiger partial charge is 0.366 e. The first-order valence-corrected chi connectivity index (χ1v) is 12.6. The minimum atomic E-state index is -0.421. The highest BCUT2D eigenvalue weighted by molar-refractivity contribution is 6.07. The molecule has 0 atom stereocenters. The summed E-state index contributed by atoms with van der Waals surface area (Å²) in [6.07, 6.45) is 3.84. The molecule has 0 N–H and O–H groups in total. The number of aromatic nitrogens is 4. The van der Waals surface area contributed by atoms with E-state index in [-0.39, 0.29) is 11.7 Å². The fourth-order valence-corrected chi connectivity index (χ4v) is 5.01. The average molecular weight is 499 g/mol. The summed E-state index contributed by atoms with van der Waals surface area (Å²) in [7, 11) is 0. The van der Waals surface area contributed by atoms with Crippen LogP contribution in [-0.4, -0.2) is 62.5 Å². The maximum Gasteiger partial charge on any atom is 0.254 e. The van der Waals surface area contributed by atoms with Gasteiger partial charge in [0.2, 0.25) is 0 Å². The quantitative estimate of drug-likeness (QED) is 0.382. The Morgan fingerprint density at radius 1 is 1.03 bits per heavy atom. The standard InChI is InChI=1S/C28H27FN6O2/c1-17-26-21(16-23(19-6-7-19)31-27(26)35(32-17)25-5-3-4-10-30-25)28(37)34-13-11-33(12-14-34)24-9-8-20(18(2)36)15-22(24)29/h3-5,8-10,15-16,19H,6-7,11-14H2,1-2H3. The van der Waals surface area contributed by atoms with Crippen LogP contribution in [0.4, 0.5) is 10.1 Å². The number of ketones is 1. The normalized spacial score (nSPS) is 15.9. The number of carbonyl (C=O) groups excluding carboxylic acids is 2. The van der Waals surface area contributed by atoms with Crippen molar-refractivity contribution in [2.75, 3.05) is 31.1 Å². The zero-order chi connectivity index (χ0) is 25.7. The molecule has 0 bridgehead atoms. The molecular weight excluding hydrogens is 471 g/mol. The van der Waals surface area contributed by atoms with Crippen molar-refractivity contribution in [3.8, 4) is 5.82 Å². The summed E-state index contributed by atoms with van der Waals surface area (Å²) in [6, 6.07) is 12.1. The smallest absolute Gasteiger partial charge is 0.254 e. The van der Waals surface area contributed by atoms with Gasteiger partial charge in [0.15, 0.2) is 17.2 Å². The van der Waals surface area contributed by atoms with E-state index in [4.69, 9.17) is 10.1 Å². The summed E-state index contributed by atoms with van der Waals surface area (Å²) in [4.78, 5) is 38.5. The van der Waals surface area contributed by atoms with E-state index < -0.39 is 5.82 Å². The van der Waals surface area contributed by atoms with Crippen LogP contribution < -0.4 is 4.90 Å². The van der Waals surface area contributed by atoms with Gasteiger partial charge in [-0.15, -0.1) is 0 Å². The summed E-state index contributed by atoms with van der Waals surface area (Å²) in [5.41, 5.74) is 3.70. The van der Waals surface area contributed by atoms with Gasteiger partial charge in [0, 0.05) is 49.6 Å². The second kappa shape index (κ2) is 9.06. The predicted octanol–water partition coefficient (Wildman–Crippen LogP) is 4.31. The number of piperazine rings is 1. The van der Waals surface area contributed by atoms with Gasteiger partial charge in [-0.3, -0.25) is 9.59 Å². The van der Waals surface area contributed by atoms with E-state index in [0.29, 0.717) is 60.4 Å². The number of carbonyl (C=O) groups is 2. The molecule has 0 spiro atoms. The zero-order valence-electron chi connectivity index (χ0n) is 20.8. The number of fused-ring (bicyclic) bond motifs is 1. The Hall–Kier alpha value is -4.14. The van der Waals surface area contributed by atoms with E-state index in [0.717, 1.165) is 29.6 Å². The van der Waals surface area contributed by atoms with Crippen molar-refractivity contribution >= 4 is 28.4 Å². The summed E-state index contributed by atoms with van der Waals surface area (Å²) in [5.74, 6) is 0.365. The minimum absolute atomic E-state index is 0.0648. The summed E-state index contributed by atoms with van der Waals surface area (Å²) >= 11 is 0. The third-order valence-electron chi connectivity index (χ3n) is 7.19. The summed E-state index contributed by atoms with van der Waals surface area (Å²) in [6.45, 7) is 5.23. The Kier molecular flexibility index (Phi) is 5.70. The van der Waals surface area contributed by atoms with Crippen molar-refractivity contribution in [2.24, 2.45) is 0 Å². The van der Waals surface area contributed by atoms with E-state index in [1.807, 2.05) is 41.0 Å². The average Bonchev–Trinajstić information content (AvgIpc) is 3.72. The van der Waals surface area contributed by atoms with Crippen LogP contribution in [-0.2, 0) is 0 Å². The van der Waals surface area contributed by atoms with Crippen LogP contribution in [0.3, 0.4) is 0 Å². The van der Waals surface area contributed by atoms with Gasteiger partial charge < -0.3 is 9.80 Å². The molecule has 1 saturated heterocycles. The Bertz CT molecular complexity index is 1520. The van der Waals surface area contributed by atoms with Crippen molar-refractivity contribution < 1.29 is 14.0 Å². The van der Waals surface area contributed by atoms with E-state index in [2.05, 4.69) is 4.98 Å². The van der Waals surface area contributed by atoms with Crippen molar-refractivity contribution in [2.45, 2.75) is 32.6 Å². The number of amides is 1. The van der Waals surface area contributed by atoms with Crippen LogP contribution in [0.5, 0.6) is 0 Å². The molecule has 1 aliphatic heterocycles. The minimum Gasteiger partial charge on any atom is -0.366 e. The van der Waals surface area contributed by atoms with Crippen LogP contribution in [0.1, 0.15) is 57.8 Å². The molecule has 1 saturated carbocycles. The molecule has 1 aliphatic carbocycles. The van der Waals surface area contributed by atoms with Crippen molar-refractivity contribution in [3.63, 3.8) is 0 Å². The Morgan fingerprint density at radius 3 is 2.46 bits per heavy atom. The van der Waals surface area contributed by atoms with E-state index in [9.17, 15) is 14.0 Å². The fourth-order valence-electron chi connectivity index (χ4n) is 5.01. The van der Waals surface area contributed by atoms with Gasteiger partial charge >= 0.3 is 0 Å². The van der Waals surface area contributed by atoms with E-state index in [1.165, 1.54) is 13.0 Å². The molecular formula is C28H27FN6O2. The van der Waals surface area contributed by atoms with Crippen LogP contribution in [0, 0.1) is 12.7 Å². The lowest BCUT2D eigenvalue weighted by Crippen LogP contribution is -2.49. The fraction of sp³-hybridized carbons (Fsp3) is 0.321. The topological polar surface area (TPSA) is 84.2 Å². The molecule has 37 heavy (non-hydrogen) atoms. The maximum atomic E-state index is 14.7. The molecule has 2 aliphatic rings. The SMILES string of the molecule is CC(=O)c1ccc(N2CCN(C(=O)c3cc(C4CC4)nc4c3c(C)nn4-c3ccccn3)CC2)c(F)c1. The number of anilines is 1. The first-order chi connectivity index (χ1) is 17.9. The van der Waals surface area contributed by atoms with Gasteiger partial charge in [0.1, 0.15) is 5.82 Å². The van der Waals surface area contributed by atoms with Gasteiger partial charge in [0.05, 0.1) is 22.3 Å². The first-order valence-electron chi connectivity index (χ1n) is 12.6. The summed E-state index contributed by atoms with van der Waals surface area (Å²) in [5, 5.41) is 5.44. The molecule has 4 aromatic rings. The molecule has 4 heterocycles. The maximum absolute atomic E-state index is 14.7. The number of pyridine rings is 2. The lowest BCUT2D eigenvalue weighted by molar-refractivity contribution is 0.0748. The first kappa shape index (κ1) is 23.3. The number of hydrogen-bond acceptors (Lipinski definition) is 6. The molecule has 0 unspecified atom stereocenters. The van der Waals surface area contributed by atoms with Crippen LogP contribution >= 0.6 is 0 Å². The van der Waals surface area contributed by atoms with Crippen molar-refractivity contribution in [3.05, 3.63) is 77.0 Å². The van der Waals surface area contributed by atoms with Crippen LogP contribution in [0.25, 0.3) is 16.9 Å². The van der Waals surface area contributed by atoms with Crippen LogP contribution in [0.15, 0.2) is 48.7 Å². The van der Waals surface area contributed by atoms with Crippen molar-refractivity contribution in [1.82, 2.24) is 24.6 Å². The highest BCUT2D eigenvalue weighted by Gasteiger charge is 2.31. The number of Topliss-reactive ketones (excluding diaryl/α,β-unsaturated/α-hetero) is 1. The van der Waals surface area contributed by atoms with Gasteiger partial charge in [-0.2, -0.15) is 9.78 Å². The monoisotopic (exact) mass is 498 g/mol. The molecule has 9 heteroatoms. The second-order valence-electron chi connectivity index (χ2n) is 9.75. The van der Waals surface area contributed by atoms with Crippen LogP contribution in [0.2, 0.25) is 0 Å². The lowest BCUT2D eigenvalue weighted by atomic mass is 10.1. The molecule has 2 fully saturated rings. The Balaban J connectivity index is 1.30. The second-order valence-corrected chi connectivity index (χ2v) is 9.75. The highest BCUT2D eigenvalue weighted by Crippen LogP contribution is 2.41.